The van der Waals surface area contributed by atoms with Crippen LogP contribution >= 0.6 is 23.4 Å². The first-order valence-corrected chi connectivity index (χ1v) is 9.87. The van der Waals surface area contributed by atoms with Gasteiger partial charge in [0.05, 0.1) is 18.4 Å². The van der Waals surface area contributed by atoms with Gasteiger partial charge in [-0.15, -0.1) is 0 Å². The smallest absolute Gasteiger partial charge is 0.227 e. The monoisotopic (exact) mass is 363 g/mol. The highest BCUT2D eigenvalue weighted by Crippen LogP contribution is 2.25. The van der Waals surface area contributed by atoms with E-state index in [9.17, 15) is 4.79 Å². The van der Waals surface area contributed by atoms with Gasteiger partial charge in [0.25, 0.3) is 0 Å². The Morgan fingerprint density at radius 1 is 1.21 bits per heavy atom. The Balaban J connectivity index is 1.40. The predicted molar refractivity (Wildman–Crippen MR) is 99.3 cm³/mol. The number of thioether (sulfide) groups is 1. The van der Waals surface area contributed by atoms with Crippen LogP contribution in [0.25, 0.3) is 0 Å². The van der Waals surface area contributed by atoms with Crippen molar-refractivity contribution >= 4 is 29.3 Å². The Bertz CT molecular complexity index is 651. The van der Waals surface area contributed by atoms with Gasteiger partial charge in [-0.05, 0) is 48.3 Å². The van der Waals surface area contributed by atoms with Crippen LogP contribution in [0.4, 0.5) is 0 Å². The fourth-order valence-electron chi connectivity index (χ4n) is 2.99. The highest BCUT2D eigenvalue weighted by molar-refractivity contribution is 7.98. The second kappa shape index (κ2) is 8.63. The average Bonchev–Trinajstić information content (AvgIpc) is 3.11. The van der Waals surface area contributed by atoms with Crippen LogP contribution in [-0.2, 0) is 17.0 Å². The first-order chi connectivity index (χ1) is 11.7. The minimum Gasteiger partial charge on any atom is -0.468 e. The zero-order chi connectivity index (χ0) is 16.8. The van der Waals surface area contributed by atoms with Crippen molar-refractivity contribution < 1.29 is 9.21 Å². The molecule has 0 atom stereocenters. The Hall–Kier alpha value is -1.39. The predicted octanol–water partition coefficient (Wildman–Crippen LogP) is 4.65. The molecule has 2 aromatic rings. The molecule has 0 radical (unpaired) electrons. The average molecular weight is 364 g/mol. The van der Waals surface area contributed by atoms with Crippen LogP contribution < -0.4 is 0 Å². The molecule has 0 spiro atoms. The van der Waals surface area contributed by atoms with Crippen molar-refractivity contribution in [2.45, 2.75) is 25.0 Å². The summed E-state index contributed by atoms with van der Waals surface area (Å²) in [6, 6.07) is 11.5. The number of hydrogen-bond acceptors (Lipinski definition) is 3. The molecule has 0 aliphatic carbocycles. The van der Waals surface area contributed by atoms with Gasteiger partial charge in [-0.2, -0.15) is 11.8 Å². The number of nitrogens with zero attached hydrogens (tertiary/aromatic N) is 1. The van der Waals surface area contributed by atoms with Crippen LogP contribution in [0.15, 0.2) is 47.1 Å². The van der Waals surface area contributed by atoms with Crippen LogP contribution in [0.1, 0.15) is 24.2 Å². The zero-order valence-electron chi connectivity index (χ0n) is 13.6. The van der Waals surface area contributed by atoms with Gasteiger partial charge in [-0.3, -0.25) is 4.79 Å². The zero-order valence-corrected chi connectivity index (χ0v) is 15.2. The number of carbonyl (C=O) groups is 1. The molecule has 0 bridgehead atoms. The number of halogens is 1. The van der Waals surface area contributed by atoms with E-state index in [1.807, 2.05) is 53.1 Å². The minimum atomic E-state index is 0.185. The fourth-order valence-corrected chi connectivity index (χ4v) is 4.34. The topological polar surface area (TPSA) is 33.5 Å². The van der Waals surface area contributed by atoms with Gasteiger partial charge in [0.1, 0.15) is 5.76 Å². The maximum atomic E-state index is 12.4. The second-order valence-electron chi connectivity index (χ2n) is 6.19. The molecule has 0 unspecified atom stereocenters. The number of amides is 1. The van der Waals surface area contributed by atoms with Crippen LogP contribution in [-0.4, -0.2) is 29.6 Å². The maximum absolute atomic E-state index is 12.4. The van der Waals surface area contributed by atoms with E-state index in [1.54, 1.807) is 6.26 Å². The maximum Gasteiger partial charge on any atom is 0.227 e. The van der Waals surface area contributed by atoms with Gasteiger partial charge in [-0.25, -0.2) is 0 Å². The van der Waals surface area contributed by atoms with Crippen LogP contribution in [0.2, 0.25) is 5.02 Å². The first-order valence-electron chi connectivity index (χ1n) is 8.33. The van der Waals surface area contributed by atoms with Gasteiger partial charge < -0.3 is 9.32 Å². The van der Waals surface area contributed by atoms with Crippen LogP contribution in [0.5, 0.6) is 0 Å². The van der Waals surface area contributed by atoms with Gasteiger partial charge >= 0.3 is 0 Å². The Morgan fingerprint density at radius 3 is 2.71 bits per heavy atom. The molecule has 5 heteroatoms. The van der Waals surface area contributed by atoms with Crippen LogP contribution in [0, 0.1) is 5.92 Å². The third-order valence-corrected chi connectivity index (χ3v) is 6.01. The molecule has 1 aliphatic heterocycles. The van der Waals surface area contributed by atoms with E-state index in [0.717, 1.165) is 48.8 Å². The molecule has 0 saturated carbocycles. The lowest BCUT2D eigenvalue weighted by atomic mass is 9.98. The van der Waals surface area contributed by atoms with E-state index in [0.29, 0.717) is 17.4 Å². The number of rotatable bonds is 6. The molecular weight excluding hydrogens is 342 g/mol. The standard InChI is InChI=1S/C19H22ClNO2S/c20-18-6-2-1-4-16(18)12-19(22)21-9-7-15(8-10-21)13-24-14-17-5-3-11-23-17/h1-6,11,15H,7-10,12-14H2. The third-order valence-electron chi connectivity index (χ3n) is 4.44. The van der Waals surface area contributed by atoms with Crippen molar-refractivity contribution in [3.05, 3.63) is 59.0 Å². The highest BCUT2D eigenvalue weighted by atomic mass is 35.5. The minimum absolute atomic E-state index is 0.185. The molecule has 3 nitrogen and oxygen atoms in total. The lowest BCUT2D eigenvalue weighted by Crippen LogP contribution is -2.39. The van der Waals surface area contributed by atoms with Gasteiger partial charge in [0.15, 0.2) is 0 Å². The van der Waals surface area contributed by atoms with E-state index < -0.39 is 0 Å². The largest absolute Gasteiger partial charge is 0.468 e. The number of furan rings is 1. The van der Waals surface area contributed by atoms with Gasteiger partial charge in [0.2, 0.25) is 5.91 Å². The number of likely N-dealkylation sites (tertiary alicyclic amines) is 1. The van der Waals surface area contributed by atoms with Gasteiger partial charge in [0, 0.05) is 18.1 Å². The quantitative estimate of drug-likeness (QED) is 0.749. The van der Waals surface area contributed by atoms with E-state index >= 15 is 0 Å². The Labute approximate surface area is 152 Å². The van der Waals surface area contributed by atoms with Crippen molar-refractivity contribution in [1.82, 2.24) is 4.90 Å². The summed E-state index contributed by atoms with van der Waals surface area (Å²) in [5.74, 6) is 3.97. The number of hydrogen-bond donors (Lipinski definition) is 0. The molecule has 1 amide bonds. The molecule has 1 aromatic heterocycles. The van der Waals surface area contributed by atoms with E-state index in [4.69, 9.17) is 16.0 Å². The third kappa shape index (κ3) is 4.81. The first kappa shape index (κ1) is 17.4. The SMILES string of the molecule is O=C(Cc1ccccc1Cl)N1CCC(CSCc2ccco2)CC1. The molecule has 24 heavy (non-hydrogen) atoms. The Morgan fingerprint density at radius 2 is 2.00 bits per heavy atom. The molecular formula is C19H22ClNO2S. The summed E-state index contributed by atoms with van der Waals surface area (Å²) >= 11 is 8.07. The van der Waals surface area contributed by atoms with Gasteiger partial charge in [-0.1, -0.05) is 29.8 Å². The lowest BCUT2D eigenvalue weighted by molar-refractivity contribution is -0.131. The molecule has 1 aromatic carbocycles. The number of carbonyl (C=O) groups excluding carboxylic acids is 1. The fraction of sp³-hybridized carbons (Fsp3) is 0.421. The lowest BCUT2D eigenvalue weighted by Gasteiger charge is -2.32. The number of piperidine rings is 1. The van der Waals surface area contributed by atoms with Crippen molar-refractivity contribution in [3.8, 4) is 0 Å². The molecule has 0 N–H and O–H groups in total. The summed E-state index contributed by atoms with van der Waals surface area (Å²) in [6.07, 6.45) is 4.29. The summed E-state index contributed by atoms with van der Waals surface area (Å²) in [7, 11) is 0. The van der Waals surface area contributed by atoms with Crippen molar-refractivity contribution in [2.75, 3.05) is 18.8 Å². The summed E-state index contributed by atoms with van der Waals surface area (Å²) in [5, 5.41) is 0.676. The normalized spacial score (nSPS) is 15.6. The van der Waals surface area contributed by atoms with Crippen molar-refractivity contribution in [3.63, 3.8) is 0 Å². The molecule has 2 heterocycles. The highest BCUT2D eigenvalue weighted by Gasteiger charge is 2.23. The van der Waals surface area contributed by atoms with E-state index in [2.05, 4.69) is 0 Å². The molecule has 128 valence electrons. The Kier molecular flexibility index (Phi) is 6.27. The summed E-state index contributed by atoms with van der Waals surface area (Å²) < 4.78 is 5.35. The van der Waals surface area contributed by atoms with Crippen molar-refractivity contribution in [1.29, 1.82) is 0 Å². The summed E-state index contributed by atoms with van der Waals surface area (Å²) in [4.78, 5) is 14.4. The van der Waals surface area contributed by atoms with Crippen LogP contribution in [0.3, 0.4) is 0 Å². The molecule has 1 fully saturated rings. The van der Waals surface area contributed by atoms with Crippen molar-refractivity contribution in [2.24, 2.45) is 5.92 Å². The van der Waals surface area contributed by atoms with E-state index in [-0.39, 0.29) is 5.91 Å². The van der Waals surface area contributed by atoms with E-state index in [1.165, 1.54) is 0 Å². The summed E-state index contributed by atoms with van der Waals surface area (Å²) in [5.41, 5.74) is 0.917. The molecule has 3 rings (SSSR count). The summed E-state index contributed by atoms with van der Waals surface area (Å²) in [6.45, 7) is 1.71. The molecule has 1 saturated heterocycles. The number of benzene rings is 1. The second-order valence-corrected chi connectivity index (χ2v) is 7.62. The molecule has 1 aliphatic rings.